The molecule has 0 radical (unpaired) electrons. The second kappa shape index (κ2) is 6.31. The summed E-state index contributed by atoms with van der Waals surface area (Å²) in [5.41, 5.74) is 2.14. The Kier molecular flexibility index (Phi) is 4.71. The van der Waals surface area contributed by atoms with Crippen LogP contribution in [0.3, 0.4) is 0 Å². The van der Waals surface area contributed by atoms with Crippen LogP contribution in [0.2, 0.25) is 0 Å². The molecule has 0 amide bonds. The Labute approximate surface area is 122 Å². The molecule has 0 atom stereocenters. The van der Waals surface area contributed by atoms with E-state index in [1.165, 1.54) is 5.56 Å². The Morgan fingerprint density at radius 3 is 3.00 bits per heavy atom. The second-order valence-electron chi connectivity index (χ2n) is 6.00. The molecule has 0 unspecified atom stereocenters. The number of rotatable bonds is 7. The molecule has 110 valence electrons. The van der Waals surface area contributed by atoms with Gasteiger partial charge in [0.1, 0.15) is 12.2 Å². The zero-order valence-corrected chi connectivity index (χ0v) is 12.8. The van der Waals surface area contributed by atoms with Crippen molar-refractivity contribution in [2.75, 3.05) is 19.7 Å². The van der Waals surface area contributed by atoms with E-state index in [4.69, 9.17) is 9.47 Å². The van der Waals surface area contributed by atoms with E-state index in [1.807, 2.05) is 12.1 Å². The average Bonchev–Trinajstić information content (AvgIpc) is 2.71. The number of para-hydroxylation sites is 1. The number of ether oxygens (including phenoxy) is 2. The summed E-state index contributed by atoms with van der Waals surface area (Å²) in [6.45, 7) is 12.7. The van der Waals surface area contributed by atoms with Crippen LogP contribution in [0.1, 0.15) is 32.8 Å². The zero-order valence-electron chi connectivity index (χ0n) is 12.8. The fourth-order valence-electron chi connectivity index (χ4n) is 2.37. The summed E-state index contributed by atoms with van der Waals surface area (Å²) in [6, 6.07) is 6.10. The lowest BCUT2D eigenvalue weighted by Crippen LogP contribution is -2.24. The Morgan fingerprint density at radius 2 is 2.25 bits per heavy atom. The quantitative estimate of drug-likeness (QED) is 0.611. The van der Waals surface area contributed by atoms with Crippen molar-refractivity contribution in [3.8, 4) is 11.5 Å². The second-order valence-corrected chi connectivity index (χ2v) is 6.00. The highest BCUT2D eigenvalue weighted by Crippen LogP contribution is 2.41. The molecule has 1 aromatic rings. The molecule has 1 aliphatic heterocycles. The molecule has 0 aliphatic carbocycles. The van der Waals surface area contributed by atoms with Gasteiger partial charge in [-0.15, -0.1) is 0 Å². The normalized spacial score (nSPS) is 15.6. The van der Waals surface area contributed by atoms with Gasteiger partial charge in [-0.25, -0.2) is 0 Å². The van der Waals surface area contributed by atoms with E-state index in [2.05, 4.69) is 38.7 Å². The molecule has 1 N–H and O–H groups in total. The molecule has 0 saturated carbocycles. The highest BCUT2D eigenvalue weighted by molar-refractivity contribution is 5.50. The topological polar surface area (TPSA) is 30.5 Å². The molecule has 20 heavy (non-hydrogen) atoms. The first-order valence-corrected chi connectivity index (χ1v) is 7.33. The van der Waals surface area contributed by atoms with E-state index < -0.39 is 0 Å². The highest BCUT2D eigenvalue weighted by Gasteiger charge is 2.32. The van der Waals surface area contributed by atoms with Crippen molar-refractivity contribution >= 4 is 0 Å². The lowest BCUT2D eigenvalue weighted by Gasteiger charge is -2.18. The minimum Gasteiger partial charge on any atom is -0.485 e. The van der Waals surface area contributed by atoms with Gasteiger partial charge in [0.2, 0.25) is 0 Å². The van der Waals surface area contributed by atoms with E-state index >= 15 is 0 Å². The largest absolute Gasteiger partial charge is 0.485 e. The summed E-state index contributed by atoms with van der Waals surface area (Å²) in [5, 5.41) is 3.33. The van der Waals surface area contributed by atoms with Crippen LogP contribution in [0.25, 0.3) is 0 Å². The predicted molar refractivity (Wildman–Crippen MR) is 82.6 cm³/mol. The smallest absolute Gasteiger partial charge is 0.165 e. The maximum Gasteiger partial charge on any atom is 0.165 e. The fourth-order valence-corrected chi connectivity index (χ4v) is 2.37. The summed E-state index contributed by atoms with van der Waals surface area (Å²) in [7, 11) is 0. The monoisotopic (exact) mass is 275 g/mol. The molecule has 0 saturated heterocycles. The van der Waals surface area contributed by atoms with Crippen molar-refractivity contribution in [1.82, 2.24) is 5.32 Å². The first-order valence-electron chi connectivity index (χ1n) is 7.33. The van der Waals surface area contributed by atoms with Gasteiger partial charge in [0, 0.05) is 18.5 Å². The standard InChI is InChI=1S/C17H25NO2/c1-5-9-18-11-13(2)12-19-15-8-6-7-14-10-17(3,4)20-16(14)15/h6-8,18H,2,5,9-12H2,1,3-4H3. The van der Waals surface area contributed by atoms with Crippen LogP contribution in [0.15, 0.2) is 30.4 Å². The molecule has 0 fully saturated rings. The molecule has 2 rings (SSSR count). The number of benzene rings is 1. The van der Waals surface area contributed by atoms with Crippen LogP contribution < -0.4 is 14.8 Å². The van der Waals surface area contributed by atoms with Crippen molar-refractivity contribution in [2.45, 2.75) is 39.2 Å². The Morgan fingerprint density at radius 1 is 1.45 bits per heavy atom. The Hall–Kier alpha value is -1.48. The van der Waals surface area contributed by atoms with Crippen LogP contribution in [-0.4, -0.2) is 25.3 Å². The average molecular weight is 275 g/mol. The first-order chi connectivity index (χ1) is 9.52. The highest BCUT2D eigenvalue weighted by atomic mass is 16.5. The van der Waals surface area contributed by atoms with Crippen LogP contribution in [0.4, 0.5) is 0 Å². The Bertz CT molecular complexity index is 480. The van der Waals surface area contributed by atoms with Gasteiger partial charge in [-0.3, -0.25) is 0 Å². The van der Waals surface area contributed by atoms with E-state index in [0.717, 1.165) is 43.0 Å². The van der Waals surface area contributed by atoms with Gasteiger partial charge >= 0.3 is 0 Å². The molecular weight excluding hydrogens is 250 g/mol. The molecule has 1 aliphatic rings. The van der Waals surface area contributed by atoms with E-state index in [-0.39, 0.29) is 5.60 Å². The number of nitrogens with one attached hydrogen (secondary N) is 1. The molecule has 1 aromatic carbocycles. The predicted octanol–water partition coefficient (Wildman–Crippen LogP) is 3.33. The van der Waals surface area contributed by atoms with E-state index in [1.54, 1.807) is 0 Å². The van der Waals surface area contributed by atoms with Crippen LogP contribution in [0, 0.1) is 0 Å². The molecular formula is C17H25NO2. The third-order valence-corrected chi connectivity index (χ3v) is 3.29. The Balaban J connectivity index is 1.92. The third kappa shape index (κ3) is 3.76. The molecule has 1 heterocycles. The summed E-state index contributed by atoms with van der Waals surface area (Å²) < 4.78 is 11.9. The summed E-state index contributed by atoms with van der Waals surface area (Å²) in [4.78, 5) is 0. The van der Waals surface area contributed by atoms with Crippen molar-refractivity contribution in [3.63, 3.8) is 0 Å². The van der Waals surface area contributed by atoms with Gasteiger partial charge in [0.25, 0.3) is 0 Å². The van der Waals surface area contributed by atoms with Gasteiger partial charge in [0.05, 0.1) is 0 Å². The number of fused-ring (bicyclic) bond motifs is 1. The molecule has 3 heteroatoms. The summed E-state index contributed by atoms with van der Waals surface area (Å²) in [6.07, 6.45) is 2.06. The lowest BCUT2D eigenvalue weighted by molar-refractivity contribution is 0.133. The lowest BCUT2D eigenvalue weighted by atomic mass is 10.0. The third-order valence-electron chi connectivity index (χ3n) is 3.29. The van der Waals surface area contributed by atoms with E-state index in [9.17, 15) is 0 Å². The maximum atomic E-state index is 5.99. The number of hydrogen-bond acceptors (Lipinski definition) is 3. The molecule has 0 spiro atoms. The minimum atomic E-state index is -0.137. The minimum absolute atomic E-state index is 0.137. The number of hydrogen-bond donors (Lipinski definition) is 1. The van der Waals surface area contributed by atoms with Gasteiger partial charge in [-0.2, -0.15) is 0 Å². The van der Waals surface area contributed by atoms with Crippen molar-refractivity contribution in [3.05, 3.63) is 35.9 Å². The van der Waals surface area contributed by atoms with Gasteiger partial charge in [-0.1, -0.05) is 25.6 Å². The summed E-state index contributed by atoms with van der Waals surface area (Å²) >= 11 is 0. The SMILES string of the molecule is C=C(CNCCC)COc1cccc2c1OC(C)(C)C2. The van der Waals surface area contributed by atoms with Crippen molar-refractivity contribution in [1.29, 1.82) is 0 Å². The summed E-state index contributed by atoms with van der Waals surface area (Å²) in [5.74, 6) is 1.72. The van der Waals surface area contributed by atoms with Crippen LogP contribution in [-0.2, 0) is 6.42 Å². The van der Waals surface area contributed by atoms with Gasteiger partial charge in [0.15, 0.2) is 11.5 Å². The molecule has 3 nitrogen and oxygen atoms in total. The van der Waals surface area contributed by atoms with Crippen LogP contribution in [0.5, 0.6) is 11.5 Å². The van der Waals surface area contributed by atoms with Crippen molar-refractivity contribution in [2.24, 2.45) is 0 Å². The fraction of sp³-hybridized carbons (Fsp3) is 0.529. The maximum absolute atomic E-state index is 5.99. The van der Waals surface area contributed by atoms with Crippen molar-refractivity contribution < 1.29 is 9.47 Å². The first kappa shape index (κ1) is 14.9. The van der Waals surface area contributed by atoms with Crippen LogP contribution >= 0.6 is 0 Å². The molecule has 0 bridgehead atoms. The zero-order chi connectivity index (χ0) is 14.6. The molecule has 0 aromatic heterocycles. The van der Waals surface area contributed by atoms with E-state index in [0.29, 0.717) is 6.61 Å². The van der Waals surface area contributed by atoms with Gasteiger partial charge in [-0.05, 0) is 38.5 Å². The van der Waals surface area contributed by atoms with Gasteiger partial charge < -0.3 is 14.8 Å².